The van der Waals surface area contributed by atoms with Crippen molar-refractivity contribution in [2.45, 2.75) is 6.92 Å². The molecule has 0 aliphatic heterocycles. The fourth-order valence-corrected chi connectivity index (χ4v) is 2.04. The minimum atomic E-state index is -0.434. The molecule has 3 rings (SSSR count). The molecule has 0 saturated heterocycles. The number of primary amides is 1. The number of aromatic amines is 1. The molecule has 0 aliphatic rings. The number of anilines is 2. The SMILES string of the molecule is Cc1ccc2nc(Nc3ccc(C(N)=O)cc3)[nH]c2c1. The Morgan fingerprint density at radius 3 is 2.65 bits per heavy atom. The van der Waals surface area contributed by atoms with Gasteiger partial charge in [-0.05, 0) is 48.9 Å². The predicted molar refractivity (Wildman–Crippen MR) is 79.1 cm³/mol. The number of hydrogen-bond donors (Lipinski definition) is 3. The standard InChI is InChI=1S/C15H14N4O/c1-9-2-7-12-13(8-9)19-15(18-12)17-11-5-3-10(4-6-11)14(16)20/h2-8H,1H3,(H2,16,20)(H2,17,18,19). The fourth-order valence-electron chi connectivity index (χ4n) is 2.04. The minimum Gasteiger partial charge on any atom is -0.366 e. The van der Waals surface area contributed by atoms with Crippen molar-refractivity contribution in [1.29, 1.82) is 0 Å². The number of amides is 1. The molecule has 0 fully saturated rings. The summed E-state index contributed by atoms with van der Waals surface area (Å²) in [5.41, 5.74) is 9.60. The van der Waals surface area contributed by atoms with E-state index in [2.05, 4.69) is 15.3 Å². The van der Waals surface area contributed by atoms with Gasteiger partial charge in [-0.15, -0.1) is 0 Å². The Balaban J connectivity index is 1.87. The maximum atomic E-state index is 11.0. The number of aromatic nitrogens is 2. The molecule has 1 amide bonds. The first-order chi connectivity index (χ1) is 9.61. The predicted octanol–water partition coefficient (Wildman–Crippen LogP) is 2.71. The molecule has 1 heterocycles. The molecule has 2 aromatic carbocycles. The summed E-state index contributed by atoms with van der Waals surface area (Å²) in [7, 11) is 0. The van der Waals surface area contributed by atoms with E-state index in [1.54, 1.807) is 24.3 Å². The maximum Gasteiger partial charge on any atom is 0.248 e. The number of aryl methyl sites for hydroxylation is 1. The van der Waals surface area contributed by atoms with Crippen molar-refractivity contribution < 1.29 is 4.79 Å². The summed E-state index contributed by atoms with van der Waals surface area (Å²) < 4.78 is 0. The lowest BCUT2D eigenvalue weighted by molar-refractivity contribution is 0.100. The highest BCUT2D eigenvalue weighted by molar-refractivity contribution is 5.93. The summed E-state index contributed by atoms with van der Waals surface area (Å²) in [5, 5.41) is 3.16. The summed E-state index contributed by atoms with van der Waals surface area (Å²) in [4.78, 5) is 18.7. The van der Waals surface area contributed by atoms with Crippen LogP contribution in [0.15, 0.2) is 42.5 Å². The second-order valence-corrected chi connectivity index (χ2v) is 4.67. The van der Waals surface area contributed by atoms with Crippen LogP contribution < -0.4 is 11.1 Å². The molecule has 1 aromatic heterocycles. The van der Waals surface area contributed by atoms with E-state index in [1.165, 1.54) is 5.56 Å². The third-order valence-corrected chi connectivity index (χ3v) is 3.07. The normalized spacial score (nSPS) is 10.7. The number of nitrogens with one attached hydrogen (secondary N) is 2. The number of carbonyl (C=O) groups is 1. The first kappa shape index (κ1) is 12.2. The third kappa shape index (κ3) is 2.33. The highest BCUT2D eigenvalue weighted by atomic mass is 16.1. The Bertz CT molecular complexity index is 774. The zero-order valence-electron chi connectivity index (χ0n) is 11.0. The van der Waals surface area contributed by atoms with Crippen molar-refractivity contribution in [3.05, 3.63) is 53.6 Å². The number of nitrogens with zero attached hydrogens (tertiary/aromatic N) is 1. The highest BCUT2D eigenvalue weighted by Gasteiger charge is 2.04. The van der Waals surface area contributed by atoms with Crippen molar-refractivity contribution in [2.24, 2.45) is 5.73 Å². The summed E-state index contributed by atoms with van der Waals surface area (Å²) in [6.45, 7) is 2.04. The van der Waals surface area contributed by atoms with Crippen molar-refractivity contribution in [1.82, 2.24) is 9.97 Å². The number of rotatable bonds is 3. The average Bonchev–Trinajstić information content (AvgIpc) is 2.80. The van der Waals surface area contributed by atoms with Crippen LogP contribution in [0.5, 0.6) is 0 Å². The number of carbonyl (C=O) groups excluding carboxylic acids is 1. The molecule has 0 aliphatic carbocycles. The first-order valence-corrected chi connectivity index (χ1v) is 6.25. The van der Waals surface area contributed by atoms with Crippen LogP contribution in [0.25, 0.3) is 11.0 Å². The van der Waals surface area contributed by atoms with Gasteiger partial charge < -0.3 is 16.0 Å². The molecule has 5 heteroatoms. The molecular weight excluding hydrogens is 252 g/mol. The van der Waals surface area contributed by atoms with E-state index < -0.39 is 5.91 Å². The van der Waals surface area contributed by atoms with Gasteiger partial charge in [-0.1, -0.05) is 6.07 Å². The Kier molecular flexibility index (Phi) is 2.87. The number of nitrogens with two attached hydrogens (primary N) is 1. The number of benzene rings is 2. The Hall–Kier alpha value is -2.82. The number of H-pyrrole nitrogens is 1. The van der Waals surface area contributed by atoms with E-state index in [0.717, 1.165) is 16.7 Å². The van der Waals surface area contributed by atoms with Gasteiger partial charge in [0.15, 0.2) is 0 Å². The van der Waals surface area contributed by atoms with Gasteiger partial charge in [0.25, 0.3) is 0 Å². The summed E-state index contributed by atoms with van der Waals surface area (Å²) >= 11 is 0. The van der Waals surface area contributed by atoms with Gasteiger partial charge in [0, 0.05) is 11.3 Å². The molecule has 5 nitrogen and oxygen atoms in total. The quantitative estimate of drug-likeness (QED) is 0.681. The van der Waals surface area contributed by atoms with E-state index in [-0.39, 0.29) is 0 Å². The molecule has 0 spiro atoms. The lowest BCUT2D eigenvalue weighted by Crippen LogP contribution is -2.10. The fraction of sp³-hybridized carbons (Fsp3) is 0.0667. The van der Waals surface area contributed by atoms with Crippen LogP contribution in [0.1, 0.15) is 15.9 Å². The molecule has 4 N–H and O–H groups in total. The molecule has 0 radical (unpaired) electrons. The summed E-state index contributed by atoms with van der Waals surface area (Å²) in [6.07, 6.45) is 0. The molecular formula is C15H14N4O. The van der Waals surface area contributed by atoms with E-state index in [1.807, 2.05) is 25.1 Å². The molecule has 100 valence electrons. The lowest BCUT2D eigenvalue weighted by Gasteiger charge is -2.02. The van der Waals surface area contributed by atoms with Crippen molar-refractivity contribution in [2.75, 3.05) is 5.32 Å². The summed E-state index contributed by atoms with van der Waals surface area (Å²) in [6, 6.07) is 13.0. The first-order valence-electron chi connectivity index (χ1n) is 6.25. The topological polar surface area (TPSA) is 83.8 Å². The van der Waals surface area contributed by atoms with Gasteiger partial charge in [-0.25, -0.2) is 4.98 Å². The lowest BCUT2D eigenvalue weighted by atomic mass is 10.2. The van der Waals surface area contributed by atoms with Crippen LogP contribution >= 0.6 is 0 Å². The molecule has 20 heavy (non-hydrogen) atoms. The van der Waals surface area contributed by atoms with E-state index >= 15 is 0 Å². The second kappa shape index (κ2) is 4.70. The van der Waals surface area contributed by atoms with Crippen LogP contribution in [-0.4, -0.2) is 15.9 Å². The zero-order valence-corrected chi connectivity index (χ0v) is 11.0. The monoisotopic (exact) mass is 266 g/mol. The molecule has 0 bridgehead atoms. The van der Waals surface area contributed by atoms with E-state index in [4.69, 9.17) is 5.73 Å². The number of hydrogen-bond acceptors (Lipinski definition) is 3. The largest absolute Gasteiger partial charge is 0.366 e. The Morgan fingerprint density at radius 1 is 1.20 bits per heavy atom. The minimum absolute atomic E-state index is 0.434. The van der Waals surface area contributed by atoms with Crippen LogP contribution in [-0.2, 0) is 0 Å². The Morgan fingerprint density at radius 2 is 1.95 bits per heavy atom. The molecule has 0 saturated carbocycles. The Labute approximate surface area is 115 Å². The van der Waals surface area contributed by atoms with Crippen molar-refractivity contribution in [3.8, 4) is 0 Å². The van der Waals surface area contributed by atoms with Crippen LogP contribution in [0.3, 0.4) is 0 Å². The van der Waals surface area contributed by atoms with Crippen molar-refractivity contribution in [3.63, 3.8) is 0 Å². The molecule has 0 atom stereocenters. The molecule has 3 aromatic rings. The molecule has 0 unspecified atom stereocenters. The van der Waals surface area contributed by atoms with E-state index in [0.29, 0.717) is 11.5 Å². The van der Waals surface area contributed by atoms with Gasteiger partial charge in [0.05, 0.1) is 11.0 Å². The smallest absolute Gasteiger partial charge is 0.248 e. The number of imidazole rings is 1. The second-order valence-electron chi connectivity index (χ2n) is 4.67. The highest BCUT2D eigenvalue weighted by Crippen LogP contribution is 2.19. The van der Waals surface area contributed by atoms with Crippen LogP contribution in [0.4, 0.5) is 11.6 Å². The average molecular weight is 266 g/mol. The van der Waals surface area contributed by atoms with Gasteiger partial charge in [0.2, 0.25) is 11.9 Å². The van der Waals surface area contributed by atoms with Gasteiger partial charge in [0.1, 0.15) is 0 Å². The van der Waals surface area contributed by atoms with Crippen LogP contribution in [0.2, 0.25) is 0 Å². The number of fused-ring (bicyclic) bond motifs is 1. The van der Waals surface area contributed by atoms with Crippen molar-refractivity contribution >= 4 is 28.6 Å². The van der Waals surface area contributed by atoms with E-state index in [9.17, 15) is 4.79 Å². The zero-order chi connectivity index (χ0) is 14.1. The van der Waals surface area contributed by atoms with Gasteiger partial charge in [-0.3, -0.25) is 4.79 Å². The van der Waals surface area contributed by atoms with Crippen LogP contribution in [0, 0.1) is 6.92 Å². The maximum absolute atomic E-state index is 11.0. The van der Waals surface area contributed by atoms with Gasteiger partial charge in [-0.2, -0.15) is 0 Å². The van der Waals surface area contributed by atoms with Gasteiger partial charge >= 0.3 is 0 Å². The third-order valence-electron chi connectivity index (χ3n) is 3.07. The summed E-state index contributed by atoms with van der Waals surface area (Å²) in [5.74, 6) is 0.230.